The molecule has 0 aliphatic carbocycles. The zero-order valence-corrected chi connectivity index (χ0v) is 19.2. The van der Waals surface area contributed by atoms with E-state index in [4.69, 9.17) is 22.7 Å². The standard InChI is InChI=1S/C22H29ClN6O2/c1-21(2,3)28-18-20(31)29-14(10-22(4,5)15(29)16(23)27-18)19(30)26-11-12-6-8-13(9-7-12)17(24)25/h6-9,14H,10-11H2,1-5H3,(H3,24,25)(H,26,30)(H,27,28)/t14-/m0/s1. The van der Waals surface area contributed by atoms with Crippen LogP contribution in [-0.4, -0.2) is 26.8 Å². The summed E-state index contributed by atoms with van der Waals surface area (Å²) in [7, 11) is 0. The number of halogens is 1. The minimum atomic E-state index is -0.685. The van der Waals surface area contributed by atoms with Crippen molar-refractivity contribution < 1.29 is 4.79 Å². The van der Waals surface area contributed by atoms with Crippen molar-refractivity contribution in [3.8, 4) is 0 Å². The fraction of sp³-hybridized carbons (Fsp3) is 0.455. The first-order chi connectivity index (χ1) is 14.3. The molecule has 1 amide bonds. The van der Waals surface area contributed by atoms with Crippen LogP contribution in [0.25, 0.3) is 0 Å². The number of aromatic nitrogens is 2. The van der Waals surface area contributed by atoms with Gasteiger partial charge in [-0.1, -0.05) is 49.7 Å². The smallest absolute Gasteiger partial charge is 0.294 e. The first-order valence-corrected chi connectivity index (χ1v) is 10.5. The van der Waals surface area contributed by atoms with E-state index < -0.39 is 11.5 Å². The molecule has 8 nitrogen and oxygen atoms in total. The molecule has 0 saturated heterocycles. The number of anilines is 1. The van der Waals surface area contributed by atoms with Gasteiger partial charge in [-0.2, -0.15) is 0 Å². The Morgan fingerprint density at radius 3 is 2.48 bits per heavy atom. The van der Waals surface area contributed by atoms with Crippen LogP contribution in [0.5, 0.6) is 0 Å². The van der Waals surface area contributed by atoms with Gasteiger partial charge in [-0.3, -0.25) is 19.6 Å². The van der Waals surface area contributed by atoms with E-state index in [0.717, 1.165) is 5.56 Å². The zero-order chi connectivity index (χ0) is 23.1. The zero-order valence-electron chi connectivity index (χ0n) is 18.5. The normalized spacial score (nSPS) is 17.2. The summed E-state index contributed by atoms with van der Waals surface area (Å²) in [6, 6.07) is 6.40. The van der Waals surface area contributed by atoms with Gasteiger partial charge in [-0.15, -0.1) is 0 Å². The lowest BCUT2D eigenvalue weighted by Crippen LogP contribution is -2.38. The van der Waals surface area contributed by atoms with Gasteiger partial charge in [0, 0.05) is 23.1 Å². The molecular weight excluding hydrogens is 416 g/mol. The Bertz CT molecular complexity index is 1080. The highest BCUT2D eigenvalue weighted by molar-refractivity contribution is 6.30. The Morgan fingerprint density at radius 2 is 1.94 bits per heavy atom. The molecule has 0 unspecified atom stereocenters. The number of carbonyl (C=O) groups excluding carboxylic acids is 1. The highest BCUT2D eigenvalue weighted by atomic mass is 35.5. The lowest BCUT2D eigenvalue weighted by atomic mass is 9.87. The maximum atomic E-state index is 13.2. The van der Waals surface area contributed by atoms with Crippen molar-refractivity contribution in [2.45, 2.75) is 64.6 Å². The number of benzene rings is 1. The summed E-state index contributed by atoms with van der Waals surface area (Å²) in [5.74, 6) is -0.130. The van der Waals surface area contributed by atoms with Crippen LogP contribution in [0.3, 0.4) is 0 Å². The predicted molar refractivity (Wildman–Crippen MR) is 123 cm³/mol. The molecule has 0 spiro atoms. The minimum absolute atomic E-state index is 0.00934. The van der Waals surface area contributed by atoms with Crippen LogP contribution < -0.4 is 21.9 Å². The van der Waals surface area contributed by atoms with E-state index in [1.807, 2.05) is 46.8 Å². The number of hydrogen-bond acceptors (Lipinski definition) is 5. The van der Waals surface area contributed by atoms with Crippen LogP contribution in [0.1, 0.15) is 63.9 Å². The Hall–Kier alpha value is -2.87. The fourth-order valence-electron chi connectivity index (χ4n) is 3.84. The third-order valence-corrected chi connectivity index (χ3v) is 5.52. The molecule has 9 heteroatoms. The number of nitrogens with zero attached hydrogens (tertiary/aromatic N) is 2. The van der Waals surface area contributed by atoms with Crippen molar-refractivity contribution in [1.29, 1.82) is 5.41 Å². The lowest BCUT2D eigenvalue weighted by molar-refractivity contribution is -0.124. The molecule has 166 valence electrons. The summed E-state index contributed by atoms with van der Waals surface area (Å²) >= 11 is 6.47. The molecule has 1 aliphatic rings. The van der Waals surface area contributed by atoms with Crippen molar-refractivity contribution in [2.24, 2.45) is 5.73 Å². The third-order valence-electron chi connectivity index (χ3n) is 5.25. The number of amides is 1. The van der Waals surface area contributed by atoms with Crippen LogP contribution in [0.2, 0.25) is 5.15 Å². The van der Waals surface area contributed by atoms with Gasteiger partial charge < -0.3 is 16.4 Å². The molecule has 5 N–H and O–H groups in total. The van der Waals surface area contributed by atoms with Gasteiger partial charge in [0.05, 0.1) is 5.69 Å². The highest BCUT2D eigenvalue weighted by Crippen LogP contribution is 2.43. The fourth-order valence-corrected chi connectivity index (χ4v) is 4.28. The average Bonchev–Trinajstić information content (AvgIpc) is 2.95. The molecule has 2 aromatic rings. The molecule has 0 fully saturated rings. The number of amidine groups is 1. The first kappa shape index (κ1) is 22.8. The SMILES string of the molecule is CC(C)(C)Nc1nc(Cl)c2n(c1=O)[C@H](C(=O)NCc1ccc(C(=N)N)cc1)CC2(C)C. The average molecular weight is 445 g/mol. The van der Waals surface area contributed by atoms with Gasteiger partial charge in [-0.05, 0) is 32.8 Å². The van der Waals surface area contributed by atoms with E-state index >= 15 is 0 Å². The Morgan fingerprint density at radius 1 is 1.32 bits per heavy atom. The van der Waals surface area contributed by atoms with Crippen molar-refractivity contribution in [3.63, 3.8) is 0 Å². The van der Waals surface area contributed by atoms with Gasteiger partial charge >= 0.3 is 0 Å². The number of nitrogens with one attached hydrogen (secondary N) is 3. The van der Waals surface area contributed by atoms with E-state index in [9.17, 15) is 9.59 Å². The van der Waals surface area contributed by atoms with Crippen molar-refractivity contribution in [3.05, 3.63) is 56.6 Å². The topological polar surface area (TPSA) is 126 Å². The van der Waals surface area contributed by atoms with Crippen molar-refractivity contribution >= 4 is 29.2 Å². The minimum Gasteiger partial charge on any atom is -0.384 e. The molecule has 3 rings (SSSR count). The Balaban J connectivity index is 1.89. The second-order valence-electron chi connectivity index (χ2n) is 9.58. The second-order valence-corrected chi connectivity index (χ2v) is 9.94. The molecule has 1 atom stereocenters. The van der Waals surface area contributed by atoms with Crippen LogP contribution >= 0.6 is 11.6 Å². The number of nitrogens with two attached hydrogens (primary N) is 1. The van der Waals surface area contributed by atoms with Crippen LogP contribution in [-0.2, 0) is 16.8 Å². The van der Waals surface area contributed by atoms with Crippen LogP contribution in [0.4, 0.5) is 5.82 Å². The van der Waals surface area contributed by atoms with Crippen molar-refractivity contribution in [1.82, 2.24) is 14.9 Å². The van der Waals surface area contributed by atoms with Gasteiger partial charge in [0.15, 0.2) is 11.0 Å². The van der Waals surface area contributed by atoms with E-state index in [-0.39, 0.29) is 33.8 Å². The van der Waals surface area contributed by atoms with E-state index in [1.54, 1.807) is 12.1 Å². The van der Waals surface area contributed by atoms with Gasteiger partial charge in [0.2, 0.25) is 5.91 Å². The maximum absolute atomic E-state index is 13.2. The largest absolute Gasteiger partial charge is 0.384 e. The monoisotopic (exact) mass is 444 g/mol. The summed E-state index contributed by atoms with van der Waals surface area (Å²) in [5.41, 5.74) is 6.32. The highest BCUT2D eigenvalue weighted by Gasteiger charge is 2.44. The number of nitrogen functional groups attached to an aromatic ring is 1. The summed E-state index contributed by atoms with van der Waals surface area (Å²) in [6.07, 6.45) is 0.442. The number of hydrogen-bond donors (Lipinski definition) is 4. The van der Waals surface area contributed by atoms with Crippen molar-refractivity contribution in [2.75, 3.05) is 5.32 Å². The Labute approximate surface area is 186 Å². The summed E-state index contributed by atoms with van der Waals surface area (Å²) in [4.78, 5) is 30.6. The molecular formula is C22H29ClN6O2. The third kappa shape index (κ3) is 4.74. The Kier molecular flexibility index (Phi) is 5.88. The molecule has 0 saturated carbocycles. The molecule has 1 aromatic carbocycles. The molecule has 31 heavy (non-hydrogen) atoms. The van der Waals surface area contributed by atoms with Crippen LogP contribution in [0.15, 0.2) is 29.1 Å². The van der Waals surface area contributed by atoms with Crippen LogP contribution in [0, 0.1) is 5.41 Å². The predicted octanol–water partition coefficient (Wildman–Crippen LogP) is 2.93. The van der Waals surface area contributed by atoms with E-state index in [1.165, 1.54) is 4.57 Å². The number of rotatable bonds is 5. The first-order valence-electron chi connectivity index (χ1n) is 10.1. The van der Waals surface area contributed by atoms with Gasteiger partial charge in [-0.25, -0.2) is 4.98 Å². The van der Waals surface area contributed by atoms with E-state index in [2.05, 4.69) is 15.6 Å². The second kappa shape index (κ2) is 8.00. The molecule has 1 aliphatic heterocycles. The number of carbonyl (C=O) groups is 1. The molecule has 1 aromatic heterocycles. The maximum Gasteiger partial charge on any atom is 0.294 e. The summed E-state index contributed by atoms with van der Waals surface area (Å²) in [6.45, 7) is 9.97. The lowest BCUT2D eigenvalue weighted by Gasteiger charge is -2.23. The summed E-state index contributed by atoms with van der Waals surface area (Å²) in [5, 5.41) is 13.7. The van der Waals surface area contributed by atoms with E-state index in [0.29, 0.717) is 24.2 Å². The number of fused-ring (bicyclic) bond motifs is 1. The van der Waals surface area contributed by atoms with Gasteiger partial charge in [0.1, 0.15) is 11.9 Å². The molecule has 0 bridgehead atoms. The molecule has 2 heterocycles. The summed E-state index contributed by atoms with van der Waals surface area (Å²) < 4.78 is 1.48. The molecule has 0 radical (unpaired) electrons. The van der Waals surface area contributed by atoms with Gasteiger partial charge in [0.25, 0.3) is 5.56 Å². The quantitative estimate of drug-likeness (QED) is 0.416.